The van der Waals surface area contributed by atoms with Gasteiger partial charge in [0.1, 0.15) is 0 Å². The molecule has 0 fully saturated rings. The topological polar surface area (TPSA) is 46.2 Å². The van der Waals surface area contributed by atoms with Crippen LogP contribution in [0.1, 0.15) is 22.7 Å². The van der Waals surface area contributed by atoms with Gasteiger partial charge in [-0.1, -0.05) is 42.5 Å². The van der Waals surface area contributed by atoms with Gasteiger partial charge in [0.2, 0.25) is 0 Å². The van der Waals surface area contributed by atoms with Crippen LogP contribution in [-0.2, 0) is 6.42 Å². The van der Waals surface area contributed by atoms with Crippen molar-refractivity contribution in [1.82, 2.24) is 0 Å². The van der Waals surface area contributed by atoms with Gasteiger partial charge in [-0.15, -0.1) is 0 Å². The molecule has 20 heavy (non-hydrogen) atoms. The molecule has 0 heterocycles. The van der Waals surface area contributed by atoms with E-state index in [1.165, 1.54) is 19.1 Å². The van der Waals surface area contributed by atoms with Crippen molar-refractivity contribution >= 4 is 0 Å². The highest BCUT2D eigenvalue weighted by Gasteiger charge is 2.22. The van der Waals surface area contributed by atoms with E-state index in [2.05, 4.69) is 0 Å². The highest BCUT2D eigenvalue weighted by atomic mass is 19.2. The number of benzene rings is 2. The fourth-order valence-electron chi connectivity index (χ4n) is 2.11. The zero-order valence-corrected chi connectivity index (χ0v) is 11.2. The van der Waals surface area contributed by atoms with Gasteiger partial charge in [-0.3, -0.25) is 0 Å². The number of aliphatic hydroxyl groups is 1. The van der Waals surface area contributed by atoms with Gasteiger partial charge in [-0.05, 0) is 18.1 Å². The largest absolute Gasteiger partial charge is 0.391 e. The number of rotatable bonds is 4. The van der Waals surface area contributed by atoms with Crippen LogP contribution in [0, 0.1) is 18.6 Å². The maximum atomic E-state index is 13.8. The van der Waals surface area contributed by atoms with Gasteiger partial charge in [-0.25, -0.2) is 8.78 Å². The molecule has 0 aliphatic rings. The fourth-order valence-corrected chi connectivity index (χ4v) is 2.11. The average molecular weight is 277 g/mol. The SMILES string of the molecule is Cc1ccc([C@@H](N)[C@@H](O)Cc2ccccc2)c(F)c1F. The molecular formula is C16H17F2NO. The molecule has 0 radical (unpaired) electrons. The molecule has 3 N–H and O–H groups in total. The molecule has 2 nitrogen and oxygen atoms in total. The molecule has 2 aromatic rings. The van der Waals surface area contributed by atoms with Gasteiger partial charge < -0.3 is 10.8 Å². The van der Waals surface area contributed by atoms with Crippen molar-refractivity contribution in [1.29, 1.82) is 0 Å². The molecule has 2 aromatic carbocycles. The van der Waals surface area contributed by atoms with Crippen LogP contribution < -0.4 is 5.73 Å². The minimum atomic E-state index is -0.982. The summed E-state index contributed by atoms with van der Waals surface area (Å²) in [5.41, 5.74) is 6.96. The van der Waals surface area contributed by atoms with Gasteiger partial charge in [0.15, 0.2) is 11.6 Å². The van der Waals surface area contributed by atoms with E-state index in [0.29, 0.717) is 0 Å². The number of hydrogen-bond acceptors (Lipinski definition) is 2. The van der Waals surface area contributed by atoms with Crippen molar-refractivity contribution in [3.05, 3.63) is 70.8 Å². The number of aliphatic hydroxyl groups excluding tert-OH is 1. The van der Waals surface area contributed by atoms with Crippen LogP contribution >= 0.6 is 0 Å². The van der Waals surface area contributed by atoms with Crippen molar-refractivity contribution < 1.29 is 13.9 Å². The standard InChI is InChI=1S/C16H17F2NO/c1-10-7-8-12(15(18)14(10)17)16(19)13(20)9-11-5-3-2-4-6-11/h2-8,13,16,20H,9,19H2,1H3/t13-,16+/m0/s1. The van der Waals surface area contributed by atoms with Crippen molar-refractivity contribution in [2.24, 2.45) is 5.73 Å². The van der Waals surface area contributed by atoms with Gasteiger partial charge in [0.05, 0.1) is 12.1 Å². The molecule has 2 atom stereocenters. The lowest BCUT2D eigenvalue weighted by atomic mass is 9.95. The third kappa shape index (κ3) is 3.03. The molecular weight excluding hydrogens is 260 g/mol. The van der Waals surface area contributed by atoms with Crippen LogP contribution in [0.3, 0.4) is 0 Å². The first-order valence-corrected chi connectivity index (χ1v) is 6.42. The Kier molecular flexibility index (Phi) is 4.47. The zero-order valence-electron chi connectivity index (χ0n) is 11.2. The molecule has 2 rings (SSSR count). The smallest absolute Gasteiger partial charge is 0.163 e. The zero-order chi connectivity index (χ0) is 14.7. The first-order chi connectivity index (χ1) is 9.50. The average Bonchev–Trinajstić information content (AvgIpc) is 2.45. The number of nitrogens with two attached hydrogens (primary N) is 1. The molecule has 4 heteroatoms. The predicted molar refractivity (Wildman–Crippen MR) is 74.2 cm³/mol. The van der Waals surface area contributed by atoms with E-state index in [0.717, 1.165) is 5.56 Å². The summed E-state index contributed by atoms with van der Waals surface area (Å²) in [5, 5.41) is 10.1. The molecule has 0 aliphatic heterocycles. The summed E-state index contributed by atoms with van der Waals surface area (Å²) >= 11 is 0. The fraction of sp³-hybridized carbons (Fsp3) is 0.250. The maximum Gasteiger partial charge on any atom is 0.163 e. The third-order valence-electron chi connectivity index (χ3n) is 3.37. The Hall–Kier alpha value is -1.78. The lowest BCUT2D eigenvalue weighted by molar-refractivity contribution is 0.143. The molecule has 106 valence electrons. The Balaban J connectivity index is 2.19. The van der Waals surface area contributed by atoms with Crippen LogP contribution in [0.5, 0.6) is 0 Å². The summed E-state index contributed by atoms with van der Waals surface area (Å²) < 4.78 is 27.4. The number of halogens is 2. The Morgan fingerprint density at radius 2 is 1.70 bits per heavy atom. The van der Waals surface area contributed by atoms with Crippen LogP contribution in [-0.4, -0.2) is 11.2 Å². The van der Waals surface area contributed by atoms with E-state index < -0.39 is 23.8 Å². The van der Waals surface area contributed by atoms with Gasteiger partial charge in [-0.2, -0.15) is 0 Å². The Morgan fingerprint density at radius 1 is 1.05 bits per heavy atom. The van der Waals surface area contributed by atoms with Crippen LogP contribution in [0.2, 0.25) is 0 Å². The van der Waals surface area contributed by atoms with E-state index in [9.17, 15) is 13.9 Å². The molecule has 0 spiro atoms. The lowest BCUT2D eigenvalue weighted by Gasteiger charge is -2.20. The monoisotopic (exact) mass is 277 g/mol. The quantitative estimate of drug-likeness (QED) is 0.902. The predicted octanol–water partition coefficient (Wildman–Crippen LogP) is 2.88. The number of hydrogen-bond donors (Lipinski definition) is 2. The molecule has 0 aliphatic carbocycles. The minimum absolute atomic E-state index is 0.00321. The summed E-state index contributed by atoms with van der Waals surface area (Å²) in [6.07, 6.45) is -0.689. The lowest BCUT2D eigenvalue weighted by Crippen LogP contribution is -2.29. The highest BCUT2D eigenvalue weighted by molar-refractivity contribution is 5.29. The van der Waals surface area contributed by atoms with Crippen molar-refractivity contribution in [3.8, 4) is 0 Å². The van der Waals surface area contributed by atoms with E-state index in [-0.39, 0.29) is 17.5 Å². The second-order valence-electron chi connectivity index (χ2n) is 4.88. The van der Waals surface area contributed by atoms with Crippen molar-refractivity contribution in [2.75, 3.05) is 0 Å². The minimum Gasteiger partial charge on any atom is -0.391 e. The summed E-state index contributed by atoms with van der Waals surface area (Å²) in [6, 6.07) is 11.2. The van der Waals surface area contributed by atoms with E-state index >= 15 is 0 Å². The second-order valence-corrected chi connectivity index (χ2v) is 4.88. The Labute approximate surface area is 116 Å². The van der Waals surface area contributed by atoms with Gasteiger partial charge in [0, 0.05) is 12.0 Å². The van der Waals surface area contributed by atoms with Crippen molar-refractivity contribution in [3.63, 3.8) is 0 Å². The first-order valence-electron chi connectivity index (χ1n) is 6.42. The normalized spacial score (nSPS) is 14.1. The molecule has 0 saturated carbocycles. The van der Waals surface area contributed by atoms with E-state index in [4.69, 9.17) is 5.73 Å². The summed E-state index contributed by atoms with van der Waals surface area (Å²) in [4.78, 5) is 0. The molecule has 0 aromatic heterocycles. The van der Waals surface area contributed by atoms with Crippen LogP contribution in [0.15, 0.2) is 42.5 Å². The maximum absolute atomic E-state index is 13.8. The highest BCUT2D eigenvalue weighted by Crippen LogP contribution is 2.24. The second kappa shape index (κ2) is 6.11. The third-order valence-corrected chi connectivity index (χ3v) is 3.37. The Morgan fingerprint density at radius 3 is 2.35 bits per heavy atom. The molecule has 0 bridgehead atoms. The number of aryl methyl sites for hydroxylation is 1. The molecule has 0 amide bonds. The van der Waals surface area contributed by atoms with Crippen LogP contribution in [0.4, 0.5) is 8.78 Å². The summed E-state index contributed by atoms with van der Waals surface area (Å²) in [5.74, 6) is -1.89. The van der Waals surface area contributed by atoms with E-state index in [1.54, 1.807) is 0 Å². The van der Waals surface area contributed by atoms with Gasteiger partial charge in [0.25, 0.3) is 0 Å². The summed E-state index contributed by atoms with van der Waals surface area (Å²) in [6.45, 7) is 1.48. The first kappa shape index (κ1) is 14.6. The Bertz CT molecular complexity index is 587. The van der Waals surface area contributed by atoms with E-state index in [1.807, 2.05) is 30.3 Å². The van der Waals surface area contributed by atoms with Gasteiger partial charge >= 0.3 is 0 Å². The van der Waals surface area contributed by atoms with Crippen molar-refractivity contribution in [2.45, 2.75) is 25.5 Å². The molecule has 0 unspecified atom stereocenters. The summed E-state index contributed by atoms with van der Waals surface area (Å²) in [7, 11) is 0. The van der Waals surface area contributed by atoms with Crippen LogP contribution in [0.25, 0.3) is 0 Å². The molecule has 0 saturated heterocycles.